The Morgan fingerprint density at radius 2 is 2.21 bits per heavy atom. The van der Waals surface area contributed by atoms with Gasteiger partial charge in [0.1, 0.15) is 11.3 Å². The molecule has 0 bridgehead atoms. The van der Waals surface area contributed by atoms with Gasteiger partial charge in [0.15, 0.2) is 0 Å². The minimum absolute atomic E-state index is 0.315. The zero-order valence-corrected chi connectivity index (χ0v) is 7.92. The van der Waals surface area contributed by atoms with Crippen LogP contribution in [0.4, 0.5) is 10.1 Å². The third kappa shape index (κ3) is 1.31. The highest BCUT2D eigenvalue weighted by atomic mass is 19.1. The fourth-order valence-corrected chi connectivity index (χ4v) is 1.48. The second-order valence-electron chi connectivity index (χ2n) is 3.19. The second kappa shape index (κ2) is 3.25. The van der Waals surface area contributed by atoms with E-state index >= 15 is 0 Å². The maximum Gasteiger partial charge on any atom is 0.149 e. The molecular weight excluding hydrogens is 179 g/mol. The van der Waals surface area contributed by atoms with E-state index in [4.69, 9.17) is 5.73 Å². The fraction of sp³-hybridized carbons (Fsp3) is 0.182. The lowest BCUT2D eigenvalue weighted by Gasteiger charge is -2.04. The molecule has 2 aromatic rings. The summed E-state index contributed by atoms with van der Waals surface area (Å²) in [5.41, 5.74) is 7.57. The molecule has 0 amide bonds. The molecule has 14 heavy (non-hydrogen) atoms. The zero-order chi connectivity index (χ0) is 10.1. The van der Waals surface area contributed by atoms with Crippen LogP contribution >= 0.6 is 0 Å². The van der Waals surface area contributed by atoms with E-state index in [2.05, 4.69) is 4.98 Å². The highest BCUT2D eigenvalue weighted by molar-refractivity contribution is 5.90. The summed E-state index contributed by atoms with van der Waals surface area (Å²) in [5, 5.41) is 0.683. The second-order valence-corrected chi connectivity index (χ2v) is 3.19. The van der Waals surface area contributed by atoms with Gasteiger partial charge >= 0.3 is 0 Å². The van der Waals surface area contributed by atoms with Crippen molar-refractivity contribution in [1.29, 1.82) is 0 Å². The standard InChI is InChI=1S/C11H11FN2/c1-2-7-6-10(13)8-4-3-5-9(12)11(8)14-7/h3-6H,2H2,1H3,(H2,13,14). The number of hydrogen-bond donors (Lipinski definition) is 1. The number of anilines is 1. The van der Waals surface area contributed by atoms with Gasteiger partial charge in [-0.2, -0.15) is 0 Å². The Bertz CT molecular complexity index is 480. The minimum atomic E-state index is -0.315. The van der Waals surface area contributed by atoms with E-state index < -0.39 is 0 Å². The van der Waals surface area contributed by atoms with Gasteiger partial charge in [-0.25, -0.2) is 9.37 Å². The summed E-state index contributed by atoms with van der Waals surface area (Å²) in [5.74, 6) is -0.315. The Balaban J connectivity index is 2.83. The molecule has 0 saturated carbocycles. The third-order valence-electron chi connectivity index (χ3n) is 2.24. The van der Waals surface area contributed by atoms with Gasteiger partial charge in [0, 0.05) is 16.8 Å². The van der Waals surface area contributed by atoms with Crippen molar-refractivity contribution in [3.63, 3.8) is 0 Å². The average Bonchev–Trinajstić information content (AvgIpc) is 2.19. The minimum Gasteiger partial charge on any atom is -0.398 e. The topological polar surface area (TPSA) is 38.9 Å². The molecule has 1 aromatic carbocycles. The maximum atomic E-state index is 13.4. The Morgan fingerprint density at radius 3 is 2.93 bits per heavy atom. The van der Waals surface area contributed by atoms with E-state index in [9.17, 15) is 4.39 Å². The summed E-state index contributed by atoms with van der Waals surface area (Å²) in [7, 11) is 0. The first-order chi connectivity index (χ1) is 6.72. The van der Waals surface area contributed by atoms with Gasteiger partial charge in [0.2, 0.25) is 0 Å². The number of nitrogens with two attached hydrogens (primary N) is 1. The molecule has 2 nitrogen and oxygen atoms in total. The Kier molecular flexibility index (Phi) is 2.08. The number of para-hydroxylation sites is 1. The number of benzene rings is 1. The number of aryl methyl sites for hydroxylation is 1. The average molecular weight is 190 g/mol. The van der Waals surface area contributed by atoms with E-state index in [0.717, 1.165) is 12.1 Å². The summed E-state index contributed by atoms with van der Waals surface area (Å²) >= 11 is 0. The lowest BCUT2D eigenvalue weighted by molar-refractivity contribution is 0.636. The van der Waals surface area contributed by atoms with Crippen molar-refractivity contribution in [3.8, 4) is 0 Å². The molecule has 0 aliphatic heterocycles. The Labute approximate surface area is 81.6 Å². The lowest BCUT2D eigenvalue weighted by Crippen LogP contribution is -1.96. The van der Waals surface area contributed by atoms with E-state index in [-0.39, 0.29) is 5.82 Å². The van der Waals surface area contributed by atoms with Crippen LogP contribution in [-0.2, 0) is 6.42 Å². The molecule has 2 rings (SSSR count). The van der Waals surface area contributed by atoms with Crippen molar-refractivity contribution in [2.45, 2.75) is 13.3 Å². The number of aromatic nitrogens is 1. The SMILES string of the molecule is CCc1cc(N)c2cccc(F)c2n1. The van der Waals surface area contributed by atoms with Crippen LogP contribution in [0.3, 0.4) is 0 Å². The zero-order valence-electron chi connectivity index (χ0n) is 7.92. The van der Waals surface area contributed by atoms with Crippen molar-refractivity contribution in [2.75, 3.05) is 5.73 Å². The van der Waals surface area contributed by atoms with Gasteiger partial charge < -0.3 is 5.73 Å². The normalized spacial score (nSPS) is 10.7. The van der Waals surface area contributed by atoms with Crippen LogP contribution in [0.15, 0.2) is 24.3 Å². The Morgan fingerprint density at radius 1 is 1.43 bits per heavy atom. The van der Waals surface area contributed by atoms with Gasteiger partial charge in [-0.3, -0.25) is 0 Å². The van der Waals surface area contributed by atoms with Gasteiger partial charge in [0.05, 0.1) is 0 Å². The van der Waals surface area contributed by atoms with E-state index in [1.54, 1.807) is 18.2 Å². The molecule has 72 valence electrons. The van der Waals surface area contributed by atoms with Crippen molar-refractivity contribution in [2.24, 2.45) is 0 Å². The highest BCUT2D eigenvalue weighted by Gasteiger charge is 2.05. The summed E-state index contributed by atoms with van der Waals surface area (Å²) in [6.45, 7) is 1.97. The van der Waals surface area contributed by atoms with Crippen LogP contribution in [0.1, 0.15) is 12.6 Å². The molecule has 0 unspecified atom stereocenters. The number of pyridine rings is 1. The third-order valence-corrected chi connectivity index (χ3v) is 2.24. The van der Waals surface area contributed by atoms with E-state index in [0.29, 0.717) is 16.6 Å². The predicted octanol–water partition coefficient (Wildman–Crippen LogP) is 2.52. The predicted molar refractivity (Wildman–Crippen MR) is 55.5 cm³/mol. The number of nitrogen functional groups attached to an aromatic ring is 1. The van der Waals surface area contributed by atoms with Gasteiger partial charge in [-0.1, -0.05) is 19.1 Å². The largest absolute Gasteiger partial charge is 0.398 e. The summed E-state index contributed by atoms with van der Waals surface area (Å²) < 4.78 is 13.4. The number of rotatable bonds is 1. The van der Waals surface area contributed by atoms with Gasteiger partial charge in [0.25, 0.3) is 0 Å². The number of nitrogens with zero attached hydrogens (tertiary/aromatic N) is 1. The van der Waals surface area contributed by atoms with Crippen LogP contribution in [-0.4, -0.2) is 4.98 Å². The van der Waals surface area contributed by atoms with Crippen LogP contribution < -0.4 is 5.73 Å². The molecule has 0 atom stereocenters. The Hall–Kier alpha value is -1.64. The molecule has 0 spiro atoms. The van der Waals surface area contributed by atoms with Crippen LogP contribution in [0, 0.1) is 5.82 Å². The summed E-state index contributed by atoms with van der Waals surface area (Å²) in [6, 6.07) is 6.61. The van der Waals surface area contributed by atoms with E-state index in [1.807, 2.05) is 6.92 Å². The monoisotopic (exact) mass is 190 g/mol. The number of halogens is 1. The molecule has 0 saturated heterocycles. The first kappa shape index (κ1) is 8.94. The summed E-state index contributed by atoms with van der Waals surface area (Å²) in [6.07, 6.45) is 0.758. The molecule has 0 aliphatic carbocycles. The molecular formula is C11H11FN2. The first-order valence-electron chi connectivity index (χ1n) is 4.56. The number of hydrogen-bond acceptors (Lipinski definition) is 2. The molecule has 1 heterocycles. The molecule has 2 N–H and O–H groups in total. The van der Waals surface area contributed by atoms with Gasteiger partial charge in [-0.05, 0) is 18.6 Å². The van der Waals surface area contributed by atoms with Crippen LogP contribution in [0.5, 0.6) is 0 Å². The van der Waals surface area contributed by atoms with Crippen LogP contribution in [0.25, 0.3) is 10.9 Å². The van der Waals surface area contributed by atoms with E-state index in [1.165, 1.54) is 6.07 Å². The highest BCUT2D eigenvalue weighted by Crippen LogP contribution is 2.22. The number of fused-ring (bicyclic) bond motifs is 1. The molecule has 0 radical (unpaired) electrons. The smallest absolute Gasteiger partial charge is 0.149 e. The van der Waals surface area contributed by atoms with Gasteiger partial charge in [-0.15, -0.1) is 0 Å². The van der Waals surface area contributed by atoms with Crippen molar-refractivity contribution < 1.29 is 4.39 Å². The molecule has 3 heteroatoms. The maximum absolute atomic E-state index is 13.4. The first-order valence-corrected chi connectivity index (χ1v) is 4.56. The van der Waals surface area contributed by atoms with Crippen LogP contribution in [0.2, 0.25) is 0 Å². The molecule has 1 aromatic heterocycles. The fourth-order valence-electron chi connectivity index (χ4n) is 1.48. The quantitative estimate of drug-likeness (QED) is 0.750. The molecule has 0 aliphatic rings. The van der Waals surface area contributed by atoms with Crippen molar-refractivity contribution in [1.82, 2.24) is 4.98 Å². The van der Waals surface area contributed by atoms with Crippen molar-refractivity contribution >= 4 is 16.6 Å². The lowest BCUT2D eigenvalue weighted by atomic mass is 10.1. The van der Waals surface area contributed by atoms with Crippen molar-refractivity contribution in [3.05, 3.63) is 35.8 Å². The molecule has 0 fully saturated rings. The summed E-state index contributed by atoms with van der Waals surface area (Å²) in [4.78, 5) is 4.20.